The number of nitrogens with one attached hydrogen (secondary N) is 1. The molecule has 0 saturated carbocycles. The van der Waals surface area contributed by atoms with Crippen LogP contribution < -0.4 is 0 Å². The van der Waals surface area contributed by atoms with Crippen molar-refractivity contribution in [2.45, 2.75) is 52.0 Å². The van der Waals surface area contributed by atoms with Gasteiger partial charge in [0.15, 0.2) is 5.69 Å². The molecule has 1 fully saturated rings. The monoisotopic (exact) mass is 313 g/mol. The summed E-state index contributed by atoms with van der Waals surface area (Å²) in [5, 5.41) is 11.9. The zero-order valence-electron chi connectivity index (χ0n) is 14.0. The number of likely N-dealkylation sites (tertiary alicyclic amines) is 1. The van der Waals surface area contributed by atoms with Crippen LogP contribution in [0.25, 0.3) is 0 Å². The Morgan fingerprint density at radius 2 is 2.09 bits per heavy atom. The molecule has 0 radical (unpaired) electrons. The summed E-state index contributed by atoms with van der Waals surface area (Å²) in [5.41, 5.74) is 6.33. The molecule has 2 aromatic rings. The molecule has 0 spiro atoms. The van der Waals surface area contributed by atoms with E-state index >= 15 is 0 Å². The van der Waals surface area contributed by atoms with Crippen molar-refractivity contribution < 1.29 is 4.79 Å². The number of aromatic nitrogens is 4. The van der Waals surface area contributed by atoms with Crippen LogP contribution in [0.5, 0.6) is 0 Å². The first-order valence-corrected chi connectivity index (χ1v) is 8.45. The molecule has 1 aliphatic carbocycles. The summed E-state index contributed by atoms with van der Waals surface area (Å²) in [5.74, 6) is 0.0783. The van der Waals surface area contributed by atoms with E-state index in [1.54, 1.807) is 0 Å². The lowest BCUT2D eigenvalue weighted by molar-refractivity contribution is 0.0728. The number of carbonyl (C=O) groups is 1. The Balaban J connectivity index is 1.69. The van der Waals surface area contributed by atoms with E-state index in [2.05, 4.69) is 22.2 Å². The Hall–Kier alpha value is -2.11. The van der Waals surface area contributed by atoms with Crippen LogP contribution in [0.1, 0.15) is 64.0 Å². The molecule has 4 rings (SSSR count). The lowest BCUT2D eigenvalue weighted by Gasteiger charge is -2.25. The highest BCUT2D eigenvalue weighted by Gasteiger charge is 2.36. The van der Waals surface area contributed by atoms with Gasteiger partial charge in [-0.3, -0.25) is 14.6 Å². The average Bonchev–Trinajstić information content (AvgIpc) is 3.24. The predicted octanol–water partition coefficient (Wildman–Crippen LogP) is 2.23. The van der Waals surface area contributed by atoms with E-state index in [0.717, 1.165) is 61.3 Å². The molecule has 0 bridgehead atoms. The topological polar surface area (TPSA) is 66.8 Å². The number of aromatic amines is 1. The van der Waals surface area contributed by atoms with Gasteiger partial charge >= 0.3 is 0 Å². The highest BCUT2D eigenvalue weighted by Crippen LogP contribution is 2.37. The summed E-state index contributed by atoms with van der Waals surface area (Å²) in [6, 6.07) is 0.130. The highest BCUT2D eigenvalue weighted by atomic mass is 16.2. The molecular weight excluding hydrogens is 290 g/mol. The van der Waals surface area contributed by atoms with Gasteiger partial charge in [-0.15, -0.1) is 0 Å². The van der Waals surface area contributed by atoms with Gasteiger partial charge < -0.3 is 4.90 Å². The second-order valence-electron chi connectivity index (χ2n) is 6.75. The fourth-order valence-electron chi connectivity index (χ4n) is 4.21. The number of rotatable bonds is 2. The SMILES string of the molecule is Cc1nn(C)c(C)c1[C@H]1CCCN1C(=O)c1n[nH]c2c1CCC2. The maximum Gasteiger partial charge on any atom is 0.275 e. The molecule has 6 nitrogen and oxygen atoms in total. The van der Waals surface area contributed by atoms with E-state index in [4.69, 9.17) is 0 Å². The van der Waals surface area contributed by atoms with Gasteiger partial charge in [-0.2, -0.15) is 10.2 Å². The lowest BCUT2D eigenvalue weighted by atomic mass is 10.0. The predicted molar refractivity (Wildman–Crippen MR) is 86.3 cm³/mol. The maximum absolute atomic E-state index is 13.1. The van der Waals surface area contributed by atoms with Gasteiger partial charge in [-0.05, 0) is 46.0 Å². The summed E-state index contributed by atoms with van der Waals surface area (Å²) < 4.78 is 1.91. The van der Waals surface area contributed by atoms with Crippen LogP contribution in [0.4, 0.5) is 0 Å². The normalized spacial score (nSPS) is 20.3. The summed E-state index contributed by atoms with van der Waals surface area (Å²) >= 11 is 0. The quantitative estimate of drug-likeness (QED) is 0.924. The van der Waals surface area contributed by atoms with Crippen molar-refractivity contribution in [3.8, 4) is 0 Å². The second kappa shape index (κ2) is 5.22. The smallest absolute Gasteiger partial charge is 0.275 e. The molecule has 1 atom stereocenters. The van der Waals surface area contributed by atoms with Crippen molar-refractivity contribution in [3.05, 3.63) is 33.9 Å². The summed E-state index contributed by atoms with van der Waals surface area (Å²) in [6.07, 6.45) is 5.15. The minimum atomic E-state index is 0.0783. The van der Waals surface area contributed by atoms with Crippen molar-refractivity contribution in [1.82, 2.24) is 24.9 Å². The number of hydrogen-bond donors (Lipinski definition) is 1. The van der Waals surface area contributed by atoms with Crippen molar-refractivity contribution in [3.63, 3.8) is 0 Å². The van der Waals surface area contributed by atoms with Crippen LogP contribution in [0.15, 0.2) is 0 Å². The number of aryl methyl sites for hydroxylation is 3. The second-order valence-corrected chi connectivity index (χ2v) is 6.75. The lowest BCUT2D eigenvalue weighted by Crippen LogP contribution is -2.32. The molecule has 122 valence electrons. The largest absolute Gasteiger partial charge is 0.330 e. The van der Waals surface area contributed by atoms with Gasteiger partial charge in [0.2, 0.25) is 0 Å². The molecule has 0 unspecified atom stereocenters. The van der Waals surface area contributed by atoms with Gasteiger partial charge in [0.25, 0.3) is 5.91 Å². The first-order valence-electron chi connectivity index (χ1n) is 8.45. The molecule has 2 aromatic heterocycles. The summed E-state index contributed by atoms with van der Waals surface area (Å²) in [7, 11) is 1.97. The number of H-pyrrole nitrogens is 1. The standard InChI is InChI=1S/C17H23N5O/c1-10-15(11(2)21(3)20-10)14-8-5-9-22(14)17(23)16-12-6-4-7-13(12)18-19-16/h14H,4-9H2,1-3H3,(H,18,19)/t14-/m1/s1. The van der Waals surface area contributed by atoms with E-state index < -0.39 is 0 Å². The Bertz CT molecular complexity index is 772. The van der Waals surface area contributed by atoms with E-state index in [0.29, 0.717) is 5.69 Å². The van der Waals surface area contributed by atoms with Crippen molar-refractivity contribution in [2.75, 3.05) is 6.54 Å². The Kier molecular flexibility index (Phi) is 3.28. The molecule has 1 aliphatic heterocycles. The van der Waals surface area contributed by atoms with Gasteiger partial charge in [0, 0.05) is 36.1 Å². The van der Waals surface area contributed by atoms with Gasteiger partial charge in [-0.25, -0.2) is 0 Å². The summed E-state index contributed by atoms with van der Waals surface area (Å²) in [4.78, 5) is 15.1. The Morgan fingerprint density at radius 3 is 2.83 bits per heavy atom. The number of carbonyl (C=O) groups excluding carboxylic acids is 1. The van der Waals surface area contributed by atoms with Crippen LogP contribution in [-0.2, 0) is 19.9 Å². The summed E-state index contributed by atoms with van der Waals surface area (Å²) in [6.45, 7) is 4.93. The number of hydrogen-bond acceptors (Lipinski definition) is 3. The molecule has 1 saturated heterocycles. The molecule has 1 N–H and O–H groups in total. The van der Waals surface area contributed by atoms with Crippen LogP contribution in [-0.4, -0.2) is 37.3 Å². The molecule has 23 heavy (non-hydrogen) atoms. The van der Waals surface area contributed by atoms with E-state index in [-0.39, 0.29) is 11.9 Å². The molecule has 1 amide bonds. The number of fused-ring (bicyclic) bond motifs is 1. The van der Waals surface area contributed by atoms with E-state index in [9.17, 15) is 4.79 Å². The third-order valence-corrected chi connectivity index (χ3v) is 5.42. The number of nitrogens with zero attached hydrogens (tertiary/aromatic N) is 4. The molecule has 3 heterocycles. The fraction of sp³-hybridized carbons (Fsp3) is 0.588. The van der Waals surface area contributed by atoms with E-state index in [1.165, 1.54) is 5.56 Å². The number of amides is 1. The van der Waals surface area contributed by atoms with E-state index in [1.807, 2.05) is 23.6 Å². The minimum Gasteiger partial charge on any atom is -0.330 e. The maximum atomic E-state index is 13.1. The first kappa shape index (κ1) is 14.5. The Morgan fingerprint density at radius 1 is 1.26 bits per heavy atom. The molecule has 2 aliphatic rings. The average molecular weight is 313 g/mol. The fourth-order valence-corrected chi connectivity index (χ4v) is 4.21. The van der Waals surface area contributed by atoms with Crippen molar-refractivity contribution in [1.29, 1.82) is 0 Å². The van der Waals surface area contributed by atoms with Crippen LogP contribution in [0.3, 0.4) is 0 Å². The Labute approximate surface area is 135 Å². The third kappa shape index (κ3) is 2.11. The van der Waals surface area contributed by atoms with Crippen LogP contribution in [0.2, 0.25) is 0 Å². The highest BCUT2D eigenvalue weighted by molar-refractivity contribution is 5.94. The van der Waals surface area contributed by atoms with Gasteiger partial charge in [0.05, 0.1) is 11.7 Å². The first-order chi connectivity index (χ1) is 11.1. The zero-order chi connectivity index (χ0) is 16.1. The zero-order valence-corrected chi connectivity index (χ0v) is 14.0. The van der Waals surface area contributed by atoms with Gasteiger partial charge in [0.1, 0.15) is 0 Å². The molecule has 0 aromatic carbocycles. The van der Waals surface area contributed by atoms with Crippen molar-refractivity contribution >= 4 is 5.91 Å². The molecule has 6 heteroatoms. The minimum absolute atomic E-state index is 0.0783. The third-order valence-electron chi connectivity index (χ3n) is 5.42. The van der Waals surface area contributed by atoms with Gasteiger partial charge in [-0.1, -0.05) is 0 Å². The van der Waals surface area contributed by atoms with Crippen LogP contribution >= 0.6 is 0 Å². The van der Waals surface area contributed by atoms with Crippen molar-refractivity contribution in [2.24, 2.45) is 7.05 Å². The molecular formula is C17H23N5O. The van der Waals surface area contributed by atoms with Crippen LogP contribution in [0, 0.1) is 13.8 Å².